The molecule has 1 aromatic heterocycles. The average Bonchev–Trinajstić information content (AvgIpc) is 3.17. The molecule has 0 saturated heterocycles. The van der Waals surface area contributed by atoms with Gasteiger partial charge in [-0.25, -0.2) is 4.98 Å². The summed E-state index contributed by atoms with van der Waals surface area (Å²) in [5, 5.41) is 8.20. The minimum atomic E-state index is 0.0593. The van der Waals surface area contributed by atoms with Crippen LogP contribution in [0.4, 0.5) is 11.4 Å². The van der Waals surface area contributed by atoms with Gasteiger partial charge in [-0.05, 0) is 94.5 Å². The van der Waals surface area contributed by atoms with Gasteiger partial charge in [0.05, 0.1) is 11.0 Å². The Morgan fingerprint density at radius 2 is 0.778 bits per heavy atom. The maximum absolute atomic E-state index is 12.7. The Labute approximate surface area is 329 Å². The van der Waals surface area contributed by atoms with Gasteiger partial charge in [0, 0.05) is 35.0 Å². The number of amides is 2. The number of aromatic nitrogens is 1. The third-order valence-corrected chi connectivity index (χ3v) is 10.5. The second-order valence-electron chi connectivity index (χ2n) is 15.6. The first-order chi connectivity index (χ1) is 26.6. The smallest absolute Gasteiger partial charge is 0.224 e. The van der Waals surface area contributed by atoms with Crippen molar-refractivity contribution in [3.05, 3.63) is 66.8 Å². The number of benzene rings is 2. The Morgan fingerprint density at radius 1 is 0.444 bits per heavy atom. The fourth-order valence-electron chi connectivity index (χ4n) is 7.14. The van der Waals surface area contributed by atoms with Gasteiger partial charge in [0.15, 0.2) is 0 Å². The molecule has 0 unspecified atom stereocenters. The summed E-state index contributed by atoms with van der Waals surface area (Å²) in [5.74, 6) is 0.119. The second-order valence-corrected chi connectivity index (χ2v) is 15.6. The largest absolute Gasteiger partial charge is 0.326 e. The van der Waals surface area contributed by atoms with Gasteiger partial charge in [0.1, 0.15) is 0 Å². The van der Waals surface area contributed by atoms with Gasteiger partial charge < -0.3 is 10.6 Å². The van der Waals surface area contributed by atoms with E-state index in [9.17, 15) is 9.59 Å². The molecule has 2 N–H and O–H groups in total. The van der Waals surface area contributed by atoms with Crippen molar-refractivity contribution in [2.45, 2.75) is 194 Å². The number of anilines is 2. The molecule has 0 fully saturated rings. The first-order valence-electron chi connectivity index (χ1n) is 22.3. The Kier molecular flexibility index (Phi) is 24.8. The van der Waals surface area contributed by atoms with Crippen molar-refractivity contribution >= 4 is 45.0 Å². The van der Waals surface area contributed by atoms with Crippen molar-refractivity contribution in [1.29, 1.82) is 0 Å². The molecule has 0 bridgehead atoms. The van der Waals surface area contributed by atoms with E-state index in [1.807, 2.05) is 36.4 Å². The van der Waals surface area contributed by atoms with Crippen molar-refractivity contribution in [3.8, 4) is 0 Å². The normalized spacial score (nSPS) is 11.7. The molecule has 54 heavy (non-hydrogen) atoms. The van der Waals surface area contributed by atoms with E-state index in [4.69, 9.17) is 4.98 Å². The van der Waals surface area contributed by atoms with E-state index in [0.29, 0.717) is 12.8 Å². The monoisotopic (exact) mass is 738 g/mol. The number of hydrogen-bond acceptors (Lipinski definition) is 3. The van der Waals surface area contributed by atoms with Crippen LogP contribution in [0.2, 0.25) is 0 Å². The minimum Gasteiger partial charge on any atom is -0.326 e. The molecule has 0 spiro atoms. The lowest BCUT2D eigenvalue weighted by molar-refractivity contribution is -0.117. The first kappa shape index (κ1) is 44.9. The van der Waals surface area contributed by atoms with Gasteiger partial charge in [-0.15, -0.1) is 0 Å². The van der Waals surface area contributed by atoms with Gasteiger partial charge in [-0.3, -0.25) is 9.59 Å². The van der Waals surface area contributed by atoms with Crippen molar-refractivity contribution in [2.24, 2.45) is 0 Å². The molecule has 298 valence electrons. The van der Waals surface area contributed by atoms with Crippen LogP contribution in [0.3, 0.4) is 0 Å². The summed E-state index contributed by atoms with van der Waals surface area (Å²) in [5.41, 5.74) is 3.21. The average molecular weight is 738 g/mol. The number of unbranched alkanes of at least 4 members (excludes halogenated alkanes) is 22. The number of rotatable bonds is 32. The van der Waals surface area contributed by atoms with E-state index < -0.39 is 0 Å². The molecule has 0 radical (unpaired) electrons. The van der Waals surface area contributed by atoms with Crippen molar-refractivity contribution in [3.63, 3.8) is 0 Å². The van der Waals surface area contributed by atoms with Gasteiger partial charge in [-0.1, -0.05) is 153 Å². The SMILES string of the molecule is CCCCCCCC/C=C\CCCCCCCC(=O)Nc1ccc2cc3ccc(NC(=O)CCCCCCC/C=C\CCCCCCCC)cc3nc2c1. The molecule has 3 rings (SSSR count). The number of nitrogens with zero attached hydrogens (tertiary/aromatic N) is 1. The highest BCUT2D eigenvalue weighted by Gasteiger charge is 2.08. The van der Waals surface area contributed by atoms with E-state index in [1.54, 1.807) is 0 Å². The Morgan fingerprint density at radius 3 is 1.15 bits per heavy atom. The topological polar surface area (TPSA) is 71.1 Å². The molecule has 5 nitrogen and oxygen atoms in total. The molecule has 0 saturated carbocycles. The highest BCUT2D eigenvalue weighted by Crippen LogP contribution is 2.25. The molecular weight excluding hydrogens is 663 g/mol. The van der Waals surface area contributed by atoms with Crippen LogP contribution in [0, 0.1) is 0 Å². The number of carbonyl (C=O) groups is 2. The lowest BCUT2D eigenvalue weighted by Crippen LogP contribution is -2.11. The predicted octanol–water partition coefficient (Wildman–Crippen LogP) is 15.3. The van der Waals surface area contributed by atoms with Gasteiger partial charge in [0.2, 0.25) is 11.8 Å². The third-order valence-electron chi connectivity index (χ3n) is 10.5. The van der Waals surface area contributed by atoms with Gasteiger partial charge in [-0.2, -0.15) is 0 Å². The summed E-state index contributed by atoms with van der Waals surface area (Å²) >= 11 is 0. The molecule has 2 aromatic carbocycles. The van der Waals surface area contributed by atoms with E-state index in [1.165, 1.54) is 141 Å². The molecule has 0 aliphatic heterocycles. The van der Waals surface area contributed by atoms with Crippen LogP contribution in [-0.4, -0.2) is 16.8 Å². The number of nitrogens with one attached hydrogen (secondary N) is 2. The number of carbonyl (C=O) groups excluding carboxylic acids is 2. The van der Waals surface area contributed by atoms with E-state index in [0.717, 1.165) is 58.9 Å². The van der Waals surface area contributed by atoms with Crippen LogP contribution in [-0.2, 0) is 9.59 Å². The fraction of sp³-hybridized carbons (Fsp3) is 0.612. The molecule has 1 heterocycles. The second kappa shape index (κ2) is 29.8. The molecular formula is C49H75N3O2. The molecule has 5 heteroatoms. The highest BCUT2D eigenvalue weighted by molar-refractivity contribution is 5.99. The standard InChI is InChI=1S/C49H75N3O2/c1-3-5-7-9-11-13-15-17-19-21-23-25-27-29-31-33-48(53)50-44-37-35-42-39-43-36-38-45(41-47(43)52-46(42)40-44)51-49(54)34-32-30-28-26-24-22-20-18-16-14-12-10-8-6-4-2/h17-20,35-41H,3-16,21-34H2,1-2H3,(H,50,53)(H,51,54)/b19-17-,20-18-. The van der Waals surface area contributed by atoms with Crippen molar-refractivity contribution in [2.75, 3.05) is 10.6 Å². The maximum atomic E-state index is 12.7. The minimum absolute atomic E-state index is 0.0593. The van der Waals surface area contributed by atoms with E-state index in [2.05, 4.69) is 54.9 Å². The molecule has 0 aliphatic rings. The van der Waals surface area contributed by atoms with Crippen molar-refractivity contribution < 1.29 is 9.59 Å². The third kappa shape index (κ3) is 20.8. The van der Waals surface area contributed by atoms with Crippen LogP contribution in [0.15, 0.2) is 66.8 Å². The Hall–Kier alpha value is -3.47. The number of allylic oxidation sites excluding steroid dienone is 4. The van der Waals surface area contributed by atoms with Crippen molar-refractivity contribution in [1.82, 2.24) is 4.98 Å². The summed E-state index contributed by atoms with van der Waals surface area (Å²) in [6, 6.07) is 14.0. The molecule has 0 atom stereocenters. The summed E-state index contributed by atoms with van der Waals surface area (Å²) in [6.07, 6.45) is 43.0. The summed E-state index contributed by atoms with van der Waals surface area (Å²) in [4.78, 5) is 30.3. The highest BCUT2D eigenvalue weighted by atomic mass is 16.2. The number of pyridine rings is 1. The lowest BCUT2D eigenvalue weighted by Gasteiger charge is -2.09. The van der Waals surface area contributed by atoms with Crippen LogP contribution in [0.25, 0.3) is 21.8 Å². The molecule has 2 amide bonds. The van der Waals surface area contributed by atoms with Gasteiger partial charge in [0.25, 0.3) is 0 Å². The summed E-state index contributed by atoms with van der Waals surface area (Å²) in [6.45, 7) is 4.54. The van der Waals surface area contributed by atoms with E-state index >= 15 is 0 Å². The van der Waals surface area contributed by atoms with Crippen LogP contribution in [0.1, 0.15) is 194 Å². The van der Waals surface area contributed by atoms with Crippen LogP contribution >= 0.6 is 0 Å². The lowest BCUT2D eigenvalue weighted by atomic mass is 10.1. The predicted molar refractivity (Wildman–Crippen MR) is 235 cm³/mol. The maximum Gasteiger partial charge on any atom is 0.224 e. The zero-order valence-electron chi connectivity index (χ0n) is 34.4. The number of hydrogen-bond donors (Lipinski definition) is 2. The van der Waals surface area contributed by atoms with Crippen LogP contribution in [0.5, 0.6) is 0 Å². The summed E-state index contributed by atoms with van der Waals surface area (Å²) < 4.78 is 0. The first-order valence-corrected chi connectivity index (χ1v) is 22.3. The Bertz CT molecular complexity index is 1400. The molecule has 3 aromatic rings. The zero-order valence-corrected chi connectivity index (χ0v) is 34.4. The van der Waals surface area contributed by atoms with Crippen LogP contribution < -0.4 is 10.6 Å². The van der Waals surface area contributed by atoms with E-state index in [-0.39, 0.29) is 11.8 Å². The Balaban J connectivity index is 1.27. The quantitative estimate of drug-likeness (QED) is 0.0381. The fourth-order valence-corrected chi connectivity index (χ4v) is 7.14. The summed E-state index contributed by atoms with van der Waals surface area (Å²) in [7, 11) is 0. The van der Waals surface area contributed by atoms with Gasteiger partial charge >= 0.3 is 0 Å². The molecule has 0 aliphatic carbocycles. The zero-order chi connectivity index (χ0) is 38.3. The number of fused-ring (bicyclic) bond motifs is 2.